The molecular formula is C18H21N5O. The monoisotopic (exact) mass is 323 g/mol. The average molecular weight is 323 g/mol. The largest absolute Gasteiger partial charge is 0.497 e. The molecule has 1 aromatic carbocycles. The first-order valence-corrected chi connectivity index (χ1v) is 8.27. The lowest BCUT2D eigenvalue weighted by atomic mass is 9.93. The minimum atomic E-state index is 0.372. The van der Waals surface area contributed by atoms with Crippen molar-refractivity contribution in [2.75, 3.05) is 7.11 Å². The third-order valence-corrected chi connectivity index (χ3v) is 4.57. The molecule has 3 aromatic rings. The summed E-state index contributed by atoms with van der Waals surface area (Å²) in [6, 6.07) is 8.26. The predicted octanol–water partition coefficient (Wildman–Crippen LogP) is 2.77. The molecule has 1 unspecified atom stereocenters. The van der Waals surface area contributed by atoms with E-state index in [9.17, 15) is 0 Å². The maximum absolute atomic E-state index is 5.19. The molecular weight excluding hydrogens is 302 g/mol. The second-order valence-corrected chi connectivity index (χ2v) is 6.12. The molecule has 4 rings (SSSR count). The van der Waals surface area contributed by atoms with Crippen LogP contribution in [-0.4, -0.2) is 27.1 Å². The molecule has 0 saturated carbocycles. The standard InChI is InChI=1S/C18H21N5O/c1-24-15-7-5-14(6-8-15)23-12-13(10-21-23)9-19-17-3-2-4-18-16(17)11-20-22-18/h5-8,10-12,17,19H,2-4,9H2,1H3,(H,20,22). The smallest absolute Gasteiger partial charge is 0.119 e. The number of aryl methyl sites for hydroxylation is 1. The van der Waals surface area contributed by atoms with Gasteiger partial charge in [0.1, 0.15) is 5.75 Å². The van der Waals surface area contributed by atoms with E-state index in [2.05, 4.69) is 26.8 Å². The van der Waals surface area contributed by atoms with Crippen molar-refractivity contribution in [2.45, 2.75) is 31.8 Å². The van der Waals surface area contributed by atoms with Crippen molar-refractivity contribution in [1.29, 1.82) is 0 Å². The molecule has 0 amide bonds. The van der Waals surface area contributed by atoms with E-state index < -0.39 is 0 Å². The number of methoxy groups -OCH3 is 1. The molecule has 6 nitrogen and oxygen atoms in total. The summed E-state index contributed by atoms with van der Waals surface area (Å²) in [6.07, 6.45) is 9.37. The second-order valence-electron chi connectivity index (χ2n) is 6.12. The van der Waals surface area contributed by atoms with Gasteiger partial charge in [0.25, 0.3) is 0 Å². The molecule has 0 fully saturated rings. The lowest BCUT2D eigenvalue weighted by molar-refractivity contribution is 0.414. The van der Waals surface area contributed by atoms with Gasteiger partial charge in [0, 0.05) is 35.6 Å². The minimum absolute atomic E-state index is 0.372. The minimum Gasteiger partial charge on any atom is -0.497 e. The molecule has 2 N–H and O–H groups in total. The lowest BCUT2D eigenvalue weighted by Crippen LogP contribution is -2.24. The number of nitrogens with one attached hydrogen (secondary N) is 2. The summed E-state index contributed by atoms with van der Waals surface area (Å²) in [7, 11) is 1.67. The molecule has 1 atom stereocenters. The SMILES string of the molecule is COc1ccc(-n2cc(CNC3CCCc4[nH]ncc43)cn2)cc1. The number of rotatable bonds is 5. The molecule has 1 aliphatic rings. The van der Waals surface area contributed by atoms with Gasteiger partial charge < -0.3 is 10.1 Å². The number of hydrogen-bond donors (Lipinski definition) is 2. The Morgan fingerprint density at radius 1 is 1.29 bits per heavy atom. The van der Waals surface area contributed by atoms with Gasteiger partial charge in [-0.05, 0) is 43.5 Å². The van der Waals surface area contributed by atoms with E-state index >= 15 is 0 Å². The molecule has 0 saturated heterocycles. The number of nitrogens with zero attached hydrogens (tertiary/aromatic N) is 3. The van der Waals surface area contributed by atoms with Gasteiger partial charge in [-0.1, -0.05) is 0 Å². The Labute approximate surface area is 140 Å². The highest BCUT2D eigenvalue weighted by Gasteiger charge is 2.21. The number of aromatic nitrogens is 4. The fourth-order valence-corrected chi connectivity index (χ4v) is 3.24. The van der Waals surface area contributed by atoms with E-state index in [1.165, 1.54) is 23.2 Å². The van der Waals surface area contributed by atoms with Gasteiger partial charge in [-0.3, -0.25) is 5.10 Å². The number of fused-ring (bicyclic) bond motifs is 1. The fraction of sp³-hybridized carbons (Fsp3) is 0.333. The molecule has 1 aliphatic carbocycles. The summed E-state index contributed by atoms with van der Waals surface area (Å²) in [5, 5.41) is 15.4. The third-order valence-electron chi connectivity index (χ3n) is 4.57. The Morgan fingerprint density at radius 3 is 3.00 bits per heavy atom. The Balaban J connectivity index is 1.42. The van der Waals surface area contributed by atoms with Crippen molar-refractivity contribution in [3.8, 4) is 11.4 Å². The van der Waals surface area contributed by atoms with Gasteiger partial charge in [0.2, 0.25) is 0 Å². The normalized spacial score (nSPS) is 16.8. The molecule has 2 heterocycles. The Kier molecular flexibility index (Phi) is 4.04. The quantitative estimate of drug-likeness (QED) is 0.757. The number of ether oxygens (including phenoxy) is 1. The number of H-pyrrole nitrogens is 1. The average Bonchev–Trinajstić information content (AvgIpc) is 3.29. The Hall–Kier alpha value is -2.60. The summed E-state index contributed by atoms with van der Waals surface area (Å²) in [5.74, 6) is 0.848. The zero-order chi connectivity index (χ0) is 16.4. The Morgan fingerprint density at radius 2 is 2.17 bits per heavy atom. The first-order chi connectivity index (χ1) is 11.8. The van der Waals surface area contributed by atoms with Crippen LogP contribution in [0.3, 0.4) is 0 Å². The number of aromatic amines is 1. The van der Waals surface area contributed by atoms with Crippen molar-refractivity contribution in [1.82, 2.24) is 25.3 Å². The topological polar surface area (TPSA) is 67.8 Å². The van der Waals surface area contributed by atoms with Crippen molar-refractivity contribution in [3.05, 3.63) is 59.7 Å². The maximum atomic E-state index is 5.19. The number of benzene rings is 1. The van der Waals surface area contributed by atoms with E-state index in [-0.39, 0.29) is 0 Å². The third kappa shape index (κ3) is 2.92. The zero-order valence-corrected chi connectivity index (χ0v) is 13.7. The van der Waals surface area contributed by atoms with Gasteiger partial charge >= 0.3 is 0 Å². The molecule has 6 heteroatoms. The summed E-state index contributed by atoms with van der Waals surface area (Å²) < 4.78 is 7.08. The van der Waals surface area contributed by atoms with Crippen LogP contribution in [0.1, 0.15) is 35.7 Å². The van der Waals surface area contributed by atoms with Crippen molar-refractivity contribution >= 4 is 0 Å². The summed E-state index contributed by atoms with van der Waals surface area (Å²) in [4.78, 5) is 0. The van der Waals surface area contributed by atoms with Gasteiger partial charge in [-0.15, -0.1) is 0 Å². The van der Waals surface area contributed by atoms with Crippen LogP contribution in [-0.2, 0) is 13.0 Å². The van der Waals surface area contributed by atoms with E-state index in [0.29, 0.717) is 6.04 Å². The van der Waals surface area contributed by atoms with Crippen LogP contribution in [0.25, 0.3) is 5.69 Å². The molecule has 0 spiro atoms. The lowest BCUT2D eigenvalue weighted by Gasteiger charge is -2.22. The second kappa shape index (κ2) is 6.49. The molecule has 124 valence electrons. The van der Waals surface area contributed by atoms with Crippen LogP contribution in [0.4, 0.5) is 0 Å². The maximum Gasteiger partial charge on any atom is 0.119 e. The van der Waals surface area contributed by atoms with Crippen LogP contribution in [0.15, 0.2) is 42.9 Å². The predicted molar refractivity (Wildman–Crippen MR) is 91.2 cm³/mol. The van der Waals surface area contributed by atoms with Gasteiger partial charge in [0.05, 0.1) is 25.2 Å². The van der Waals surface area contributed by atoms with Gasteiger partial charge in [0.15, 0.2) is 0 Å². The molecule has 0 aliphatic heterocycles. The van der Waals surface area contributed by atoms with E-state index in [4.69, 9.17) is 4.74 Å². The van der Waals surface area contributed by atoms with Crippen molar-refractivity contribution < 1.29 is 4.74 Å². The van der Waals surface area contributed by atoms with E-state index in [1.54, 1.807) is 7.11 Å². The summed E-state index contributed by atoms with van der Waals surface area (Å²) in [6.45, 7) is 0.797. The zero-order valence-electron chi connectivity index (χ0n) is 13.7. The number of hydrogen-bond acceptors (Lipinski definition) is 4. The molecule has 0 bridgehead atoms. The summed E-state index contributed by atoms with van der Waals surface area (Å²) in [5.41, 5.74) is 4.77. The van der Waals surface area contributed by atoms with Crippen LogP contribution in [0.2, 0.25) is 0 Å². The van der Waals surface area contributed by atoms with E-state index in [1.807, 2.05) is 41.3 Å². The first kappa shape index (κ1) is 15.0. The highest BCUT2D eigenvalue weighted by Crippen LogP contribution is 2.28. The highest BCUT2D eigenvalue weighted by atomic mass is 16.5. The van der Waals surface area contributed by atoms with Crippen LogP contribution in [0.5, 0.6) is 5.75 Å². The van der Waals surface area contributed by atoms with Crippen molar-refractivity contribution in [2.24, 2.45) is 0 Å². The van der Waals surface area contributed by atoms with Crippen LogP contribution >= 0.6 is 0 Å². The first-order valence-electron chi connectivity index (χ1n) is 8.27. The van der Waals surface area contributed by atoms with E-state index in [0.717, 1.165) is 30.8 Å². The highest BCUT2D eigenvalue weighted by molar-refractivity contribution is 5.37. The summed E-state index contributed by atoms with van der Waals surface area (Å²) >= 11 is 0. The molecule has 24 heavy (non-hydrogen) atoms. The fourth-order valence-electron chi connectivity index (χ4n) is 3.24. The molecule has 2 aromatic heterocycles. The van der Waals surface area contributed by atoms with Crippen LogP contribution in [0, 0.1) is 0 Å². The van der Waals surface area contributed by atoms with Crippen LogP contribution < -0.4 is 10.1 Å². The Bertz CT molecular complexity index is 805. The molecule has 0 radical (unpaired) electrons. The van der Waals surface area contributed by atoms with Crippen molar-refractivity contribution in [3.63, 3.8) is 0 Å². The van der Waals surface area contributed by atoms with Gasteiger partial charge in [-0.2, -0.15) is 10.2 Å². The van der Waals surface area contributed by atoms with Gasteiger partial charge in [-0.25, -0.2) is 4.68 Å².